The quantitative estimate of drug-likeness (QED) is 0.857. The number of likely N-dealkylation sites (tertiary alicyclic amines) is 1. The molecule has 1 N–H and O–H groups in total. The molecule has 0 radical (unpaired) electrons. The highest BCUT2D eigenvalue weighted by molar-refractivity contribution is 5.92. The van der Waals surface area contributed by atoms with E-state index in [-0.39, 0.29) is 23.8 Å². The average molecular weight is 360 g/mol. The Bertz CT molecular complexity index is 609. The van der Waals surface area contributed by atoms with Gasteiger partial charge in [-0.05, 0) is 57.6 Å². The Morgan fingerprint density at radius 3 is 2.46 bits per heavy atom. The topological polar surface area (TPSA) is 58.6 Å². The van der Waals surface area contributed by atoms with Crippen LogP contribution in [0.15, 0.2) is 30.3 Å². The minimum absolute atomic E-state index is 0.0260. The second kappa shape index (κ2) is 8.56. The Hall–Kier alpha value is -2.04. The van der Waals surface area contributed by atoms with Gasteiger partial charge in [0, 0.05) is 24.7 Å². The van der Waals surface area contributed by atoms with E-state index in [1.165, 1.54) is 0 Å². The summed E-state index contributed by atoms with van der Waals surface area (Å²) in [5.74, 6) is 0.383. The zero-order valence-corrected chi connectivity index (χ0v) is 16.6. The predicted octanol–water partition coefficient (Wildman–Crippen LogP) is 4.54. The molecule has 1 aromatic carbocycles. The number of para-hydroxylation sites is 1. The summed E-state index contributed by atoms with van der Waals surface area (Å²) in [7, 11) is 0. The molecule has 1 aliphatic rings. The van der Waals surface area contributed by atoms with Crippen molar-refractivity contribution < 1.29 is 14.3 Å². The smallest absolute Gasteiger partial charge is 0.410 e. The summed E-state index contributed by atoms with van der Waals surface area (Å²) in [5.41, 5.74) is 0.328. The largest absolute Gasteiger partial charge is 0.444 e. The average Bonchev–Trinajstić information content (AvgIpc) is 2.60. The lowest BCUT2D eigenvalue weighted by Gasteiger charge is -2.38. The standard InChI is InChI=1S/C21H32N2O3/c1-15(16(2)19(24)22-18-11-7-6-8-12-18)17-10-9-13-23(14-17)20(25)26-21(3,4)5/h6-8,11-12,15-17H,9-10,13-14H2,1-5H3,(H,22,24). The molecule has 0 saturated carbocycles. The van der Waals surface area contributed by atoms with Crippen LogP contribution in [0.4, 0.5) is 10.5 Å². The zero-order chi connectivity index (χ0) is 19.3. The molecule has 2 amide bonds. The maximum Gasteiger partial charge on any atom is 0.410 e. The van der Waals surface area contributed by atoms with Crippen molar-refractivity contribution >= 4 is 17.7 Å². The minimum atomic E-state index is -0.488. The van der Waals surface area contributed by atoms with Gasteiger partial charge >= 0.3 is 6.09 Å². The zero-order valence-electron chi connectivity index (χ0n) is 16.6. The molecule has 1 heterocycles. The van der Waals surface area contributed by atoms with Crippen molar-refractivity contribution in [3.8, 4) is 0 Å². The highest BCUT2D eigenvalue weighted by atomic mass is 16.6. The molecule has 1 aromatic rings. The molecule has 0 spiro atoms. The third kappa shape index (κ3) is 5.75. The van der Waals surface area contributed by atoms with E-state index in [4.69, 9.17) is 4.74 Å². The highest BCUT2D eigenvalue weighted by Gasteiger charge is 2.33. The number of nitrogens with one attached hydrogen (secondary N) is 1. The number of rotatable bonds is 4. The number of amides is 2. The van der Waals surface area contributed by atoms with Gasteiger partial charge < -0.3 is 15.0 Å². The first-order valence-electron chi connectivity index (χ1n) is 9.51. The number of carbonyl (C=O) groups excluding carboxylic acids is 2. The van der Waals surface area contributed by atoms with Gasteiger partial charge in [-0.15, -0.1) is 0 Å². The van der Waals surface area contributed by atoms with Gasteiger partial charge in [0.15, 0.2) is 0 Å². The summed E-state index contributed by atoms with van der Waals surface area (Å²) in [5, 5.41) is 2.98. The molecule has 1 fully saturated rings. The van der Waals surface area contributed by atoms with E-state index in [0.717, 1.165) is 25.1 Å². The van der Waals surface area contributed by atoms with Gasteiger partial charge in [0.1, 0.15) is 5.60 Å². The second-order valence-electron chi connectivity index (χ2n) is 8.33. The summed E-state index contributed by atoms with van der Waals surface area (Å²) >= 11 is 0. The van der Waals surface area contributed by atoms with E-state index in [1.807, 2.05) is 58.0 Å². The third-order valence-electron chi connectivity index (χ3n) is 5.10. The van der Waals surface area contributed by atoms with Gasteiger partial charge in [0.05, 0.1) is 0 Å². The van der Waals surface area contributed by atoms with E-state index in [9.17, 15) is 9.59 Å². The van der Waals surface area contributed by atoms with Crippen molar-refractivity contribution in [3.63, 3.8) is 0 Å². The number of hydrogen-bond donors (Lipinski definition) is 1. The highest BCUT2D eigenvalue weighted by Crippen LogP contribution is 2.30. The molecule has 5 nitrogen and oxygen atoms in total. The normalized spacial score (nSPS) is 20.2. The molecule has 3 atom stereocenters. The van der Waals surface area contributed by atoms with Gasteiger partial charge in [-0.3, -0.25) is 4.79 Å². The van der Waals surface area contributed by atoms with Crippen LogP contribution >= 0.6 is 0 Å². The second-order valence-corrected chi connectivity index (χ2v) is 8.33. The van der Waals surface area contributed by atoms with E-state index in [2.05, 4.69) is 12.2 Å². The van der Waals surface area contributed by atoms with Crippen LogP contribution < -0.4 is 5.32 Å². The lowest BCUT2D eigenvalue weighted by Crippen LogP contribution is -2.45. The molecule has 144 valence electrons. The van der Waals surface area contributed by atoms with E-state index < -0.39 is 5.60 Å². The molecule has 3 unspecified atom stereocenters. The molecular formula is C21H32N2O3. The van der Waals surface area contributed by atoms with E-state index in [1.54, 1.807) is 4.90 Å². The number of hydrogen-bond acceptors (Lipinski definition) is 3. The Morgan fingerprint density at radius 2 is 1.85 bits per heavy atom. The van der Waals surface area contributed by atoms with E-state index in [0.29, 0.717) is 12.5 Å². The molecule has 0 aliphatic carbocycles. The monoisotopic (exact) mass is 360 g/mol. The summed E-state index contributed by atoms with van der Waals surface area (Å²) in [6, 6.07) is 9.52. The lowest BCUT2D eigenvalue weighted by molar-refractivity contribution is -0.121. The molecular weight excluding hydrogens is 328 g/mol. The molecule has 0 aromatic heterocycles. The summed E-state index contributed by atoms with van der Waals surface area (Å²) in [6.45, 7) is 11.1. The Balaban J connectivity index is 1.94. The van der Waals surface area contributed by atoms with Crippen molar-refractivity contribution in [2.24, 2.45) is 17.8 Å². The van der Waals surface area contributed by atoms with Gasteiger partial charge in [0.25, 0.3) is 0 Å². The molecule has 2 rings (SSSR count). The van der Waals surface area contributed by atoms with Crippen molar-refractivity contribution in [2.75, 3.05) is 18.4 Å². The van der Waals surface area contributed by atoms with Crippen LogP contribution in [0.25, 0.3) is 0 Å². The lowest BCUT2D eigenvalue weighted by atomic mass is 9.79. The van der Waals surface area contributed by atoms with Crippen LogP contribution in [0.1, 0.15) is 47.5 Å². The third-order valence-corrected chi connectivity index (χ3v) is 5.10. The van der Waals surface area contributed by atoms with Gasteiger partial charge in [0.2, 0.25) is 5.91 Å². The Morgan fingerprint density at radius 1 is 1.19 bits per heavy atom. The van der Waals surface area contributed by atoms with Crippen LogP contribution in [0, 0.1) is 17.8 Å². The fourth-order valence-corrected chi connectivity index (χ4v) is 3.36. The minimum Gasteiger partial charge on any atom is -0.444 e. The summed E-state index contributed by atoms with van der Waals surface area (Å²) in [4.78, 5) is 26.7. The van der Waals surface area contributed by atoms with Crippen molar-refractivity contribution in [3.05, 3.63) is 30.3 Å². The van der Waals surface area contributed by atoms with Crippen molar-refractivity contribution in [1.29, 1.82) is 0 Å². The number of piperidine rings is 1. The first-order valence-corrected chi connectivity index (χ1v) is 9.51. The molecule has 5 heteroatoms. The van der Waals surface area contributed by atoms with Gasteiger partial charge in [-0.2, -0.15) is 0 Å². The number of anilines is 1. The van der Waals surface area contributed by atoms with E-state index >= 15 is 0 Å². The summed E-state index contributed by atoms with van der Waals surface area (Å²) in [6.07, 6.45) is 1.72. The van der Waals surface area contributed by atoms with Crippen LogP contribution in [0.5, 0.6) is 0 Å². The molecule has 0 bridgehead atoms. The van der Waals surface area contributed by atoms with Gasteiger partial charge in [-0.25, -0.2) is 4.79 Å². The Labute approximate surface area is 157 Å². The number of carbonyl (C=O) groups is 2. The van der Waals surface area contributed by atoms with Crippen LogP contribution in [-0.4, -0.2) is 35.6 Å². The molecule has 26 heavy (non-hydrogen) atoms. The SMILES string of the molecule is CC(C(=O)Nc1ccccc1)C(C)C1CCCN(C(=O)OC(C)(C)C)C1. The maximum absolute atomic E-state index is 12.6. The fraction of sp³-hybridized carbons (Fsp3) is 0.619. The predicted molar refractivity (Wildman–Crippen MR) is 104 cm³/mol. The van der Waals surface area contributed by atoms with Crippen LogP contribution in [0.3, 0.4) is 0 Å². The maximum atomic E-state index is 12.6. The van der Waals surface area contributed by atoms with Crippen LogP contribution in [-0.2, 0) is 9.53 Å². The number of nitrogens with zero attached hydrogens (tertiary/aromatic N) is 1. The fourth-order valence-electron chi connectivity index (χ4n) is 3.36. The number of ether oxygens (including phenoxy) is 1. The first kappa shape index (κ1) is 20.3. The van der Waals surface area contributed by atoms with Crippen molar-refractivity contribution in [1.82, 2.24) is 4.90 Å². The summed E-state index contributed by atoms with van der Waals surface area (Å²) < 4.78 is 5.50. The number of benzene rings is 1. The van der Waals surface area contributed by atoms with Crippen molar-refractivity contribution in [2.45, 2.75) is 53.1 Å². The van der Waals surface area contributed by atoms with Crippen LogP contribution in [0.2, 0.25) is 0 Å². The Kier molecular flexibility index (Phi) is 6.68. The van der Waals surface area contributed by atoms with Gasteiger partial charge in [-0.1, -0.05) is 32.0 Å². The molecule has 1 saturated heterocycles. The molecule has 1 aliphatic heterocycles. The first-order chi connectivity index (χ1) is 12.2.